The predicted molar refractivity (Wildman–Crippen MR) is 72.0 cm³/mol. The molecule has 6 nitrogen and oxygen atoms in total. The lowest BCUT2D eigenvalue weighted by Gasteiger charge is -2.21. The summed E-state index contributed by atoms with van der Waals surface area (Å²) in [6.07, 6.45) is 0.464. The highest BCUT2D eigenvalue weighted by atomic mass is 16.8. The number of carbonyl (C=O) groups is 1. The van der Waals surface area contributed by atoms with Crippen molar-refractivity contribution in [2.45, 2.75) is 70.6 Å². The van der Waals surface area contributed by atoms with E-state index in [2.05, 4.69) is 0 Å². The Morgan fingerprint density at radius 2 is 2.05 bits per heavy atom. The number of aliphatic hydroxyl groups excluding tert-OH is 2. The lowest BCUT2D eigenvalue weighted by atomic mass is 10.0. The summed E-state index contributed by atoms with van der Waals surface area (Å²) in [7, 11) is 0. The van der Waals surface area contributed by atoms with Gasteiger partial charge >= 0.3 is 5.97 Å². The van der Waals surface area contributed by atoms with Gasteiger partial charge in [-0.25, -0.2) is 0 Å². The molecule has 0 spiro atoms. The summed E-state index contributed by atoms with van der Waals surface area (Å²) in [4.78, 5) is 11.2. The number of hydrogen-bond acceptors (Lipinski definition) is 6. The zero-order valence-corrected chi connectivity index (χ0v) is 12.5. The third kappa shape index (κ3) is 5.36. The van der Waals surface area contributed by atoms with Gasteiger partial charge in [0.15, 0.2) is 5.79 Å². The van der Waals surface area contributed by atoms with Gasteiger partial charge in [-0.05, 0) is 33.6 Å². The summed E-state index contributed by atoms with van der Waals surface area (Å²) in [6, 6.07) is 0. The van der Waals surface area contributed by atoms with Crippen molar-refractivity contribution in [3.8, 4) is 0 Å². The minimum atomic E-state index is -0.788. The fourth-order valence-corrected chi connectivity index (χ4v) is 2.35. The average Bonchev–Trinajstić information content (AvgIpc) is 2.70. The molecule has 2 N–H and O–H groups in total. The molecule has 0 amide bonds. The first-order valence-corrected chi connectivity index (χ1v) is 7.19. The van der Waals surface area contributed by atoms with E-state index in [4.69, 9.17) is 14.2 Å². The van der Waals surface area contributed by atoms with Crippen LogP contribution in [0.1, 0.15) is 46.5 Å². The zero-order chi connectivity index (χ0) is 15.2. The summed E-state index contributed by atoms with van der Waals surface area (Å²) < 4.78 is 15.9. The first-order valence-electron chi connectivity index (χ1n) is 7.19. The van der Waals surface area contributed by atoms with E-state index in [1.165, 1.54) is 0 Å². The topological polar surface area (TPSA) is 85.2 Å². The Morgan fingerprint density at radius 1 is 1.35 bits per heavy atom. The molecule has 3 atom stereocenters. The molecule has 1 heterocycles. The highest BCUT2D eigenvalue weighted by Crippen LogP contribution is 2.31. The fourth-order valence-electron chi connectivity index (χ4n) is 2.35. The molecule has 0 aromatic rings. The molecule has 0 bridgehead atoms. The van der Waals surface area contributed by atoms with Crippen molar-refractivity contribution in [1.82, 2.24) is 0 Å². The van der Waals surface area contributed by atoms with E-state index in [1.807, 2.05) is 0 Å². The molecule has 1 rings (SSSR count). The maximum Gasteiger partial charge on any atom is 0.305 e. The van der Waals surface area contributed by atoms with Gasteiger partial charge in [-0.1, -0.05) is 6.42 Å². The fraction of sp³-hybridized carbons (Fsp3) is 0.929. The van der Waals surface area contributed by atoms with Crippen LogP contribution in [0.2, 0.25) is 0 Å². The first kappa shape index (κ1) is 17.4. The Kier molecular flexibility index (Phi) is 6.88. The molecule has 1 fully saturated rings. The molecule has 0 saturated carbocycles. The monoisotopic (exact) mass is 290 g/mol. The number of unbranched alkanes of at least 4 members (excludes halogenated alkanes) is 1. The summed E-state index contributed by atoms with van der Waals surface area (Å²) in [5.74, 6) is -0.999. The number of ether oxygens (including phenoxy) is 3. The third-order valence-electron chi connectivity index (χ3n) is 3.22. The van der Waals surface area contributed by atoms with Gasteiger partial charge in [0.1, 0.15) is 12.2 Å². The number of hydrogen-bond donors (Lipinski definition) is 2. The molecular formula is C14H26O6. The van der Waals surface area contributed by atoms with Gasteiger partial charge in [-0.15, -0.1) is 0 Å². The lowest BCUT2D eigenvalue weighted by Crippen LogP contribution is -2.37. The van der Waals surface area contributed by atoms with Crippen LogP contribution >= 0.6 is 0 Å². The van der Waals surface area contributed by atoms with E-state index in [0.29, 0.717) is 32.3 Å². The van der Waals surface area contributed by atoms with Crippen LogP contribution < -0.4 is 0 Å². The van der Waals surface area contributed by atoms with Crippen molar-refractivity contribution >= 4 is 5.97 Å². The Bertz CT molecular complexity index is 304. The second kappa shape index (κ2) is 7.93. The highest BCUT2D eigenvalue weighted by molar-refractivity contribution is 5.69. The lowest BCUT2D eigenvalue weighted by molar-refractivity contribution is -0.157. The van der Waals surface area contributed by atoms with Gasteiger partial charge in [0, 0.05) is 6.42 Å². The minimum Gasteiger partial charge on any atom is -0.466 e. The molecule has 20 heavy (non-hydrogen) atoms. The molecule has 1 saturated heterocycles. The third-order valence-corrected chi connectivity index (χ3v) is 3.22. The van der Waals surface area contributed by atoms with Gasteiger partial charge in [0.05, 0.1) is 19.3 Å². The molecule has 0 aromatic carbocycles. The summed E-state index contributed by atoms with van der Waals surface area (Å²) in [6.45, 7) is 5.48. The molecule has 1 aliphatic heterocycles. The summed E-state index contributed by atoms with van der Waals surface area (Å²) >= 11 is 0. The van der Waals surface area contributed by atoms with E-state index < -0.39 is 24.1 Å². The van der Waals surface area contributed by atoms with Crippen LogP contribution in [0.5, 0.6) is 0 Å². The Balaban J connectivity index is 2.28. The van der Waals surface area contributed by atoms with Crippen molar-refractivity contribution in [3.63, 3.8) is 0 Å². The Hall–Kier alpha value is -0.690. The second-order valence-corrected chi connectivity index (χ2v) is 5.44. The van der Waals surface area contributed by atoms with Crippen LogP contribution in [0, 0.1) is 0 Å². The molecule has 0 radical (unpaired) electrons. The quantitative estimate of drug-likeness (QED) is 0.512. The standard InChI is InChI=1S/C14H26O6/c1-4-18-12(17)8-6-5-7-10(16)13-11(9-15)19-14(2,3)20-13/h10-11,13,15-16H,4-9H2,1-3H3. The maximum atomic E-state index is 11.2. The van der Waals surface area contributed by atoms with Gasteiger partial charge in [-0.2, -0.15) is 0 Å². The number of aliphatic hydroxyl groups is 2. The van der Waals surface area contributed by atoms with Crippen molar-refractivity contribution in [3.05, 3.63) is 0 Å². The van der Waals surface area contributed by atoms with Crippen LogP contribution in [0.3, 0.4) is 0 Å². The average molecular weight is 290 g/mol. The van der Waals surface area contributed by atoms with Crippen LogP contribution in [-0.4, -0.2) is 53.5 Å². The smallest absolute Gasteiger partial charge is 0.305 e. The molecule has 3 unspecified atom stereocenters. The minimum absolute atomic E-state index is 0.187. The molecule has 0 aromatic heterocycles. The van der Waals surface area contributed by atoms with Gasteiger partial charge in [0.25, 0.3) is 0 Å². The van der Waals surface area contributed by atoms with Gasteiger partial charge in [0.2, 0.25) is 0 Å². The van der Waals surface area contributed by atoms with Crippen LogP contribution in [0.25, 0.3) is 0 Å². The molecule has 1 aliphatic rings. The summed E-state index contributed by atoms with van der Waals surface area (Å²) in [5, 5.41) is 19.4. The largest absolute Gasteiger partial charge is 0.466 e. The van der Waals surface area contributed by atoms with Crippen molar-refractivity contribution in [1.29, 1.82) is 0 Å². The number of rotatable bonds is 8. The molecule has 6 heteroatoms. The van der Waals surface area contributed by atoms with Gasteiger partial charge in [-0.3, -0.25) is 4.79 Å². The van der Waals surface area contributed by atoms with E-state index in [1.54, 1.807) is 20.8 Å². The molecule has 118 valence electrons. The van der Waals surface area contributed by atoms with Crippen LogP contribution in [0.15, 0.2) is 0 Å². The van der Waals surface area contributed by atoms with E-state index in [-0.39, 0.29) is 12.6 Å². The zero-order valence-electron chi connectivity index (χ0n) is 12.5. The number of carbonyl (C=O) groups excluding carboxylic acids is 1. The van der Waals surface area contributed by atoms with E-state index in [0.717, 1.165) is 0 Å². The Labute approximate surface area is 120 Å². The molecular weight excluding hydrogens is 264 g/mol. The maximum absolute atomic E-state index is 11.2. The van der Waals surface area contributed by atoms with E-state index >= 15 is 0 Å². The van der Waals surface area contributed by atoms with Crippen LogP contribution in [0.4, 0.5) is 0 Å². The first-order chi connectivity index (χ1) is 9.39. The van der Waals surface area contributed by atoms with Crippen molar-refractivity contribution in [2.24, 2.45) is 0 Å². The number of esters is 1. The molecule has 0 aliphatic carbocycles. The Morgan fingerprint density at radius 3 is 2.65 bits per heavy atom. The van der Waals surface area contributed by atoms with Crippen molar-refractivity contribution < 1.29 is 29.2 Å². The van der Waals surface area contributed by atoms with E-state index in [9.17, 15) is 15.0 Å². The van der Waals surface area contributed by atoms with Gasteiger partial charge < -0.3 is 24.4 Å². The second-order valence-electron chi connectivity index (χ2n) is 5.44. The SMILES string of the molecule is CCOC(=O)CCCCC(O)C1OC(C)(C)OC1CO. The normalized spacial score (nSPS) is 26.4. The van der Waals surface area contributed by atoms with Crippen LogP contribution in [-0.2, 0) is 19.0 Å². The van der Waals surface area contributed by atoms with Crippen molar-refractivity contribution in [2.75, 3.05) is 13.2 Å². The highest BCUT2D eigenvalue weighted by Gasteiger charge is 2.44. The predicted octanol–water partition coefficient (Wildman–Crippen LogP) is 0.983. The summed E-state index contributed by atoms with van der Waals surface area (Å²) in [5.41, 5.74) is 0.